The predicted molar refractivity (Wildman–Crippen MR) is 98.7 cm³/mol. The predicted octanol–water partition coefficient (Wildman–Crippen LogP) is 4.39. The smallest absolute Gasteiger partial charge is 0.416 e. The van der Waals surface area contributed by atoms with E-state index < -0.39 is 29.7 Å². The monoisotopic (exact) mass is 393 g/mol. The molecule has 0 aliphatic heterocycles. The van der Waals surface area contributed by atoms with Crippen LogP contribution in [-0.4, -0.2) is 24.0 Å². The zero-order chi connectivity index (χ0) is 20.7. The van der Waals surface area contributed by atoms with E-state index in [1.54, 1.807) is 0 Å². The lowest BCUT2D eigenvalue weighted by molar-refractivity contribution is -0.137. The van der Waals surface area contributed by atoms with Crippen molar-refractivity contribution >= 4 is 11.9 Å². The molecule has 7 heteroatoms. The van der Waals surface area contributed by atoms with Gasteiger partial charge in [0, 0.05) is 6.04 Å². The molecule has 1 N–H and O–H groups in total. The van der Waals surface area contributed by atoms with E-state index in [4.69, 9.17) is 4.74 Å². The summed E-state index contributed by atoms with van der Waals surface area (Å²) >= 11 is 0. The maximum atomic E-state index is 12.6. The molecular weight excluding hydrogens is 371 g/mol. The molecule has 0 bridgehead atoms. The first-order valence-corrected chi connectivity index (χ1v) is 8.89. The number of ether oxygens (including phenoxy) is 1. The molecule has 2 rings (SSSR count). The molecule has 2 aromatic rings. The minimum atomic E-state index is -4.48. The van der Waals surface area contributed by atoms with E-state index in [1.165, 1.54) is 6.92 Å². The summed E-state index contributed by atoms with van der Waals surface area (Å²) in [5.41, 5.74) is 0.247. The Morgan fingerprint density at radius 1 is 1.00 bits per heavy atom. The van der Waals surface area contributed by atoms with Gasteiger partial charge >= 0.3 is 12.1 Å². The lowest BCUT2D eigenvalue weighted by Gasteiger charge is -2.18. The van der Waals surface area contributed by atoms with Gasteiger partial charge in [0.15, 0.2) is 6.10 Å². The van der Waals surface area contributed by atoms with Crippen molar-refractivity contribution in [1.29, 1.82) is 0 Å². The number of alkyl halides is 3. The summed E-state index contributed by atoms with van der Waals surface area (Å²) in [6, 6.07) is 13.4. The Kier molecular flexibility index (Phi) is 7.20. The summed E-state index contributed by atoms with van der Waals surface area (Å²) in [7, 11) is 0. The first-order chi connectivity index (χ1) is 13.2. The molecule has 0 saturated carbocycles. The van der Waals surface area contributed by atoms with Crippen molar-refractivity contribution in [3.63, 3.8) is 0 Å². The summed E-state index contributed by atoms with van der Waals surface area (Å²) in [6.07, 6.45) is -4.03. The molecule has 0 radical (unpaired) electrons. The molecule has 2 atom stereocenters. The number of benzene rings is 2. The number of carbonyl (C=O) groups is 2. The Balaban J connectivity index is 1.83. The number of rotatable bonds is 7. The molecule has 0 aliphatic carbocycles. The lowest BCUT2D eigenvalue weighted by Crippen LogP contribution is -2.41. The number of hydrogen-bond acceptors (Lipinski definition) is 3. The van der Waals surface area contributed by atoms with Gasteiger partial charge in [-0.25, -0.2) is 4.79 Å². The van der Waals surface area contributed by atoms with Crippen LogP contribution in [0, 0.1) is 0 Å². The molecule has 4 nitrogen and oxygen atoms in total. The molecule has 28 heavy (non-hydrogen) atoms. The van der Waals surface area contributed by atoms with Crippen LogP contribution in [0.5, 0.6) is 0 Å². The lowest BCUT2D eigenvalue weighted by atomic mass is 10.1. The Labute approximate surface area is 161 Å². The van der Waals surface area contributed by atoms with Crippen LogP contribution in [0.15, 0.2) is 54.6 Å². The number of amides is 1. The maximum Gasteiger partial charge on any atom is 0.416 e. The van der Waals surface area contributed by atoms with E-state index in [0.717, 1.165) is 42.7 Å². The Morgan fingerprint density at radius 3 is 2.18 bits per heavy atom. The largest absolute Gasteiger partial charge is 0.449 e. The molecule has 2 aromatic carbocycles. The second-order valence-electron chi connectivity index (χ2n) is 6.56. The Bertz CT molecular complexity index is 789. The van der Waals surface area contributed by atoms with Crippen LogP contribution in [0.4, 0.5) is 13.2 Å². The molecule has 0 fully saturated rings. The molecule has 0 aliphatic rings. The molecule has 0 spiro atoms. The van der Waals surface area contributed by atoms with Crippen LogP contribution < -0.4 is 5.32 Å². The fraction of sp³-hybridized carbons (Fsp3) is 0.333. The van der Waals surface area contributed by atoms with Gasteiger partial charge in [-0.05, 0) is 56.5 Å². The summed E-state index contributed by atoms with van der Waals surface area (Å²) < 4.78 is 42.7. The van der Waals surface area contributed by atoms with Gasteiger partial charge in [0.2, 0.25) is 0 Å². The van der Waals surface area contributed by atoms with E-state index in [1.807, 2.05) is 37.3 Å². The van der Waals surface area contributed by atoms with Crippen LogP contribution in [0.25, 0.3) is 0 Å². The first kappa shape index (κ1) is 21.5. The third-order valence-electron chi connectivity index (χ3n) is 4.20. The van der Waals surface area contributed by atoms with Gasteiger partial charge in [-0.2, -0.15) is 13.2 Å². The standard InChI is InChI=1S/C21H22F3NO3/c1-14(8-9-16-6-4-3-5-7-16)25-19(26)15(2)28-20(27)17-10-12-18(13-11-17)21(22,23)24/h3-7,10-15H,8-9H2,1-2H3,(H,25,26)/t14-,15-/m0/s1. The van der Waals surface area contributed by atoms with Crippen molar-refractivity contribution in [3.05, 3.63) is 71.3 Å². The van der Waals surface area contributed by atoms with Gasteiger partial charge in [-0.15, -0.1) is 0 Å². The highest BCUT2D eigenvalue weighted by Gasteiger charge is 2.30. The van der Waals surface area contributed by atoms with Crippen molar-refractivity contribution in [2.24, 2.45) is 0 Å². The quantitative estimate of drug-likeness (QED) is 0.710. The summed E-state index contributed by atoms with van der Waals surface area (Å²) in [4.78, 5) is 24.2. The Hall–Kier alpha value is -2.83. The minimum absolute atomic E-state index is 0.0511. The van der Waals surface area contributed by atoms with E-state index in [-0.39, 0.29) is 11.6 Å². The maximum absolute atomic E-state index is 12.6. The Morgan fingerprint density at radius 2 is 1.61 bits per heavy atom. The summed E-state index contributed by atoms with van der Waals surface area (Å²) in [6.45, 7) is 3.27. The topological polar surface area (TPSA) is 55.4 Å². The number of halogens is 3. The van der Waals surface area contributed by atoms with Gasteiger partial charge in [0.25, 0.3) is 5.91 Å². The fourth-order valence-electron chi connectivity index (χ4n) is 2.54. The van der Waals surface area contributed by atoms with Gasteiger partial charge in [0.1, 0.15) is 0 Å². The van der Waals surface area contributed by atoms with Crippen LogP contribution in [0.1, 0.15) is 41.8 Å². The summed E-state index contributed by atoms with van der Waals surface area (Å²) in [5.74, 6) is -1.31. The highest BCUT2D eigenvalue weighted by molar-refractivity contribution is 5.92. The van der Waals surface area contributed by atoms with Crippen LogP contribution >= 0.6 is 0 Å². The molecule has 1 amide bonds. The van der Waals surface area contributed by atoms with Crippen molar-refractivity contribution in [2.75, 3.05) is 0 Å². The van der Waals surface area contributed by atoms with Crippen molar-refractivity contribution in [2.45, 2.75) is 45.0 Å². The average molecular weight is 393 g/mol. The first-order valence-electron chi connectivity index (χ1n) is 8.89. The number of carbonyl (C=O) groups excluding carboxylic acids is 2. The third kappa shape index (κ3) is 6.40. The number of aryl methyl sites for hydroxylation is 1. The van der Waals surface area contributed by atoms with E-state index in [2.05, 4.69) is 5.32 Å². The van der Waals surface area contributed by atoms with Crippen molar-refractivity contribution in [3.8, 4) is 0 Å². The second-order valence-corrected chi connectivity index (χ2v) is 6.56. The van der Waals surface area contributed by atoms with Gasteiger partial charge < -0.3 is 10.1 Å². The second kappa shape index (κ2) is 9.39. The van der Waals surface area contributed by atoms with Gasteiger partial charge in [-0.3, -0.25) is 4.79 Å². The van der Waals surface area contributed by atoms with E-state index >= 15 is 0 Å². The fourth-order valence-corrected chi connectivity index (χ4v) is 2.54. The molecular formula is C21H22F3NO3. The van der Waals surface area contributed by atoms with Crippen molar-refractivity contribution < 1.29 is 27.5 Å². The van der Waals surface area contributed by atoms with Crippen molar-refractivity contribution in [1.82, 2.24) is 5.32 Å². The van der Waals surface area contributed by atoms with Gasteiger partial charge in [-0.1, -0.05) is 30.3 Å². The van der Waals surface area contributed by atoms with Crippen LogP contribution in [-0.2, 0) is 22.1 Å². The number of hydrogen-bond donors (Lipinski definition) is 1. The molecule has 0 aromatic heterocycles. The summed E-state index contributed by atoms with van der Waals surface area (Å²) in [5, 5.41) is 2.77. The average Bonchev–Trinajstić information content (AvgIpc) is 2.66. The zero-order valence-electron chi connectivity index (χ0n) is 15.6. The van der Waals surface area contributed by atoms with E-state index in [0.29, 0.717) is 0 Å². The van der Waals surface area contributed by atoms with Gasteiger partial charge in [0.05, 0.1) is 11.1 Å². The SMILES string of the molecule is C[C@H](OC(=O)c1ccc(C(F)(F)F)cc1)C(=O)N[C@@H](C)CCc1ccccc1. The normalized spacial score (nSPS) is 13.5. The number of nitrogens with one attached hydrogen (secondary N) is 1. The zero-order valence-corrected chi connectivity index (χ0v) is 15.6. The molecule has 150 valence electrons. The molecule has 0 heterocycles. The van der Waals surface area contributed by atoms with Crippen LogP contribution in [0.2, 0.25) is 0 Å². The highest BCUT2D eigenvalue weighted by atomic mass is 19.4. The third-order valence-corrected chi connectivity index (χ3v) is 4.20. The molecule has 0 unspecified atom stereocenters. The number of esters is 1. The highest BCUT2D eigenvalue weighted by Crippen LogP contribution is 2.29. The molecule has 0 saturated heterocycles. The van der Waals surface area contributed by atoms with Crippen LogP contribution in [0.3, 0.4) is 0 Å². The minimum Gasteiger partial charge on any atom is -0.449 e. The van der Waals surface area contributed by atoms with E-state index in [9.17, 15) is 22.8 Å².